The van der Waals surface area contributed by atoms with Gasteiger partial charge in [0.25, 0.3) is 10.0 Å². The molecule has 5 nitrogen and oxygen atoms in total. The zero-order valence-electron chi connectivity index (χ0n) is 16.0. The number of rotatable bonds is 4. The van der Waals surface area contributed by atoms with E-state index in [1.807, 2.05) is 26.1 Å². The maximum Gasteiger partial charge on any atom is 0.263 e. The minimum absolute atomic E-state index is 0.110. The standard InChI is InChI=1S/C21H27N3O2S/c1-14-3-4-19(7-15(14)2)27(25,26)23-20-5-6-24(22-20)21-11-16-8-17(12-21)10-18(9-16)13-21/h3-7,16-18H,8-13H2,1-2H3,(H,22,23). The number of benzene rings is 1. The summed E-state index contributed by atoms with van der Waals surface area (Å²) in [4.78, 5) is 0.287. The number of hydrogen-bond donors (Lipinski definition) is 1. The number of hydrogen-bond acceptors (Lipinski definition) is 3. The van der Waals surface area contributed by atoms with Crippen LogP contribution in [0.3, 0.4) is 0 Å². The van der Waals surface area contributed by atoms with Crippen molar-refractivity contribution in [3.05, 3.63) is 41.6 Å². The number of nitrogens with one attached hydrogen (secondary N) is 1. The minimum Gasteiger partial charge on any atom is -0.264 e. The number of aromatic nitrogens is 2. The highest BCUT2D eigenvalue weighted by molar-refractivity contribution is 7.92. The molecule has 1 aromatic heterocycles. The zero-order valence-corrected chi connectivity index (χ0v) is 16.8. The molecule has 4 aliphatic carbocycles. The molecule has 4 fully saturated rings. The highest BCUT2D eigenvalue weighted by Crippen LogP contribution is 2.58. The van der Waals surface area contributed by atoms with Crippen molar-refractivity contribution in [1.29, 1.82) is 0 Å². The Balaban J connectivity index is 1.40. The Morgan fingerprint density at radius 3 is 2.22 bits per heavy atom. The van der Waals surface area contributed by atoms with E-state index < -0.39 is 10.0 Å². The van der Waals surface area contributed by atoms with Gasteiger partial charge in [-0.15, -0.1) is 0 Å². The molecule has 4 bridgehead atoms. The van der Waals surface area contributed by atoms with Crippen molar-refractivity contribution in [2.45, 2.75) is 62.8 Å². The molecule has 1 aromatic carbocycles. The molecule has 0 radical (unpaired) electrons. The van der Waals surface area contributed by atoms with Gasteiger partial charge in [0.1, 0.15) is 0 Å². The molecule has 4 aliphatic rings. The predicted octanol–water partition coefficient (Wildman–Crippen LogP) is 4.23. The molecule has 2 aromatic rings. The summed E-state index contributed by atoms with van der Waals surface area (Å²) in [6.45, 7) is 3.91. The molecule has 144 valence electrons. The van der Waals surface area contributed by atoms with Gasteiger partial charge in [-0.3, -0.25) is 9.40 Å². The molecule has 0 saturated heterocycles. The topological polar surface area (TPSA) is 64.0 Å². The Labute approximate surface area is 161 Å². The predicted molar refractivity (Wildman–Crippen MR) is 105 cm³/mol. The monoisotopic (exact) mass is 385 g/mol. The third-order valence-corrected chi connectivity index (χ3v) is 8.46. The van der Waals surface area contributed by atoms with Crippen molar-refractivity contribution in [3.8, 4) is 0 Å². The van der Waals surface area contributed by atoms with E-state index >= 15 is 0 Å². The van der Waals surface area contributed by atoms with Gasteiger partial charge < -0.3 is 0 Å². The molecule has 0 unspecified atom stereocenters. The van der Waals surface area contributed by atoms with E-state index in [9.17, 15) is 8.42 Å². The first-order valence-electron chi connectivity index (χ1n) is 9.99. The Morgan fingerprint density at radius 2 is 1.63 bits per heavy atom. The Kier molecular flexibility index (Phi) is 3.74. The second-order valence-electron chi connectivity index (χ2n) is 9.14. The van der Waals surface area contributed by atoms with Gasteiger partial charge in [0, 0.05) is 12.3 Å². The van der Waals surface area contributed by atoms with Crippen molar-refractivity contribution in [3.63, 3.8) is 0 Å². The molecule has 0 spiro atoms. The maximum absolute atomic E-state index is 12.8. The summed E-state index contributed by atoms with van der Waals surface area (Å²) >= 11 is 0. The quantitative estimate of drug-likeness (QED) is 0.857. The van der Waals surface area contributed by atoms with Crippen LogP contribution < -0.4 is 4.72 Å². The van der Waals surface area contributed by atoms with E-state index in [0.29, 0.717) is 5.82 Å². The summed E-state index contributed by atoms with van der Waals surface area (Å²) in [5.74, 6) is 2.91. The maximum atomic E-state index is 12.8. The fraction of sp³-hybridized carbons (Fsp3) is 0.571. The zero-order chi connectivity index (χ0) is 18.8. The molecule has 1 N–H and O–H groups in total. The van der Waals surface area contributed by atoms with Crippen LogP contribution in [0, 0.1) is 31.6 Å². The third kappa shape index (κ3) is 2.89. The van der Waals surface area contributed by atoms with Crippen LogP contribution in [0.1, 0.15) is 49.7 Å². The lowest BCUT2D eigenvalue weighted by Crippen LogP contribution is -2.52. The number of nitrogens with zero attached hydrogens (tertiary/aromatic N) is 2. The van der Waals surface area contributed by atoms with Crippen molar-refractivity contribution in [2.75, 3.05) is 4.72 Å². The first-order chi connectivity index (χ1) is 12.8. The van der Waals surface area contributed by atoms with Crippen molar-refractivity contribution < 1.29 is 8.42 Å². The number of sulfonamides is 1. The van der Waals surface area contributed by atoms with Crippen molar-refractivity contribution in [1.82, 2.24) is 9.78 Å². The van der Waals surface area contributed by atoms with Crippen molar-refractivity contribution in [2.24, 2.45) is 17.8 Å². The molecule has 6 heteroatoms. The first-order valence-corrected chi connectivity index (χ1v) is 11.5. The molecule has 0 aliphatic heterocycles. The second-order valence-corrected chi connectivity index (χ2v) is 10.8. The van der Waals surface area contributed by atoms with E-state index in [0.717, 1.165) is 28.9 Å². The fourth-order valence-corrected chi connectivity index (χ4v) is 7.15. The molecule has 1 heterocycles. The van der Waals surface area contributed by atoms with Crippen LogP contribution in [-0.2, 0) is 15.6 Å². The van der Waals surface area contributed by atoms with Gasteiger partial charge in [-0.05, 0) is 93.4 Å². The normalized spacial score (nSPS) is 32.0. The van der Waals surface area contributed by atoms with Gasteiger partial charge in [0.15, 0.2) is 5.82 Å². The van der Waals surface area contributed by atoms with Gasteiger partial charge in [0.05, 0.1) is 10.4 Å². The third-order valence-electron chi connectivity index (χ3n) is 7.11. The molecule has 6 rings (SSSR count). The first kappa shape index (κ1) is 17.3. The van der Waals surface area contributed by atoms with E-state index in [1.54, 1.807) is 18.2 Å². The highest BCUT2D eigenvalue weighted by Gasteiger charge is 2.52. The number of anilines is 1. The van der Waals surface area contributed by atoms with Crippen LogP contribution in [0.15, 0.2) is 35.4 Å². The summed E-state index contributed by atoms with van der Waals surface area (Å²) in [7, 11) is -3.62. The summed E-state index contributed by atoms with van der Waals surface area (Å²) in [6.07, 6.45) is 9.72. The fourth-order valence-electron chi connectivity index (χ4n) is 6.07. The SMILES string of the molecule is Cc1ccc(S(=O)(=O)Nc2ccn(C34CC5CC(CC(C5)C3)C4)n2)cc1C. The lowest BCUT2D eigenvalue weighted by Gasteiger charge is -2.56. The molecule has 0 amide bonds. The van der Waals surface area contributed by atoms with Crippen LogP contribution in [0.4, 0.5) is 5.82 Å². The van der Waals surface area contributed by atoms with E-state index in [2.05, 4.69) is 14.5 Å². The van der Waals surface area contributed by atoms with E-state index in [-0.39, 0.29) is 10.4 Å². The lowest BCUT2D eigenvalue weighted by atomic mass is 9.53. The Morgan fingerprint density at radius 1 is 1.00 bits per heavy atom. The highest BCUT2D eigenvalue weighted by atomic mass is 32.2. The molecule has 27 heavy (non-hydrogen) atoms. The van der Waals surface area contributed by atoms with Crippen LogP contribution >= 0.6 is 0 Å². The Bertz CT molecular complexity index is 957. The van der Waals surface area contributed by atoms with Gasteiger partial charge in [-0.1, -0.05) is 6.07 Å². The van der Waals surface area contributed by atoms with Gasteiger partial charge in [-0.2, -0.15) is 5.10 Å². The average molecular weight is 386 g/mol. The van der Waals surface area contributed by atoms with Crippen LogP contribution in [0.25, 0.3) is 0 Å². The molecular formula is C21H27N3O2S. The average Bonchev–Trinajstić information content (AvgIpc) is 3.04. The van der Waals surface area contributed by atoms with Gasteiger partial charge in [0.2, 0.25) is 0 Å². The smallest absolute Gasteiger partial charge is 0.263 e. The molecule has 4 saturated carbocycles. The van der Waals surface area contributed by atoms with Crippen LogP contribution in [-0.4, -0.2) is 18.2 Å². The minimum atomic E-state index is -3.62. The Hall–Kier alpha value is -1.82. The van der Waals surface area contributed by atoms with E-state index in [1.165, 1.54) is 38.5 Å². The second kappa shape index (κ2) is 5.84. The summed E-state index contributed by atoms with van der Waals surface area (Å²) in [5, 5.41) is 4.68. The van der Waals surface area contributed by atoms with Crippen molar-refractivity contribution >= 4 is 15.8 Å². The van der Waals surface area contributed by atoms with E-state index in [4.69, 9.17) is 0 Å². The summed E-state index contributed by atoms with van der Waals surface area (Å²) in [5.41, 5.74) is 2.16. The summed E-state index contributed by atoms with van der Waals surface area (Å²) < 4.78 is 30.3. The lowest BCUT2D eigenvalue weighted by molar-refractivity contribution is -0.0492. The van der Waals surface area contributed by atoms with Gasteiger partial charge >= 0.3 is 0 Å². The largest absolute Gasteiger partial charge is 0.264 e. The summed E-state index contributed by atoms with van der Waals surface area (Å²) in [6, 6.07) is 7.02. The van der Waals surface area contributed by atoms with Crippen LogP contribution in [0.2, 0.25) is 0 Å². The van der Waals surface area contributed by atoms with Crippen LogP contribution in [0.5, 0.6) is 0 Å². The number of aryl methyl sites for hydroxylation is 2. The molecule has 0 atom stereocenters. The van der Waals surface area contributed by atoms with Gasteiger partial charge in [-0.25, -0.2) is 8.42 Å². The molecular weight excluding hydrogens is 358 g/mol.